The van der Waals surface area contributed by atoms with Gasteiger partial charge in [-0.25, -0.2) is 12.7 Å². The van der Waals surface area contributed by atoms with E-state index in [1.54, 1.807) is 45.5 Å². The molecule has 2 aromatic carbocycles. The Kier molecular flexibility index (Phi) is 6.87. The number of halogens is 1. The third kappa shape index (κ3) is 4.74. The zero-order valence-corrected chi connectivity index (χ0v) is 16.9. The summed E-state index contributed by atoms with van der Waals surface area (Å²) in [5.74, 6) is 1.36. The van der Waals surface area contributed by atoms with Crippen molar-refractivity contribution in [3.05, 3.63) is 52.5 Å². The molecular formula is C18H22BrNO4S. The summed E-state index contributed by atoms with van der Waals surface area (Å²) in [6, 6.07) is 12.6. The minimum Gasteiger partial charge on any atom is -0.493 e. The highest BCUT2D eigenvalue weighted by Gasteiger charge is 2.22. The molecule has 0 bridgehead atoms. The van der Waals surface area contributed by atoms with Crippen molar-refractivity contribution in [3.63, 3.8) is 0 Å². The Balaban J connectivity index is 2.01. The molecule has 2 rings (SSSR count). The fraction of sp³-hybridized carbons (Fsp3) is 0.333. The van der Waals surface area contributed by atoms with Gasteiger partial charge in [-0.15, -0.1) is 0 Å². The summed E-state index contributed by atoms with van der Waals surface area (Å²) < 4.78 is 37.7. The number of hydrogen-bond donors (Lipinski definition) is 0. The standard InChI is InChI=1S/C18H22BrNO4S/c1-20(25(21,22)18-9-5-4-8-15(18)19)12-6-7-14-10-11-16(23-2)17(13-14)24-3/h4-5,8-11,13H,6-7,12H2,1-3H3. The van der Waals surface area contributed by atoms with Crippen LogP contribution in [0.3, 0.4) is 0 Å². The Morgan fingerprint density at radius 2 is 1.72 bits per heavy atom. The molecule has 0 aliphatic heterocycles. The number of nitrogens with zero attached hydrogens (tertiary/aromatic N) is 1. The molecule has 0 saturated carbocycles. The minimum atomic E-state index is -3.51. The number of benzene rings is 2. The summed E-state index contributed by atoms with van der Waals surface area (Å²) in [5, 5.41) is 0. The summed E-state index contributed by atoms with van der Waals surface area (Å²) >= 11 is 3.30. The van der Waals surface area contributed by atoms with Crippen LogP contribution < -0.4 is 9.47 Å². The van der Waals surface area contributed by atoms with E-state index < -0.39 is 10.0 Å². The molecule has 0 spiro atoms. The van der Waals surface area contributed by atoms with E-state index >= 15 is 0 Å². The van der Waals surface area contributed by atoms with Gasteiger partial charge in [0.2, 0.25) is 10.0 Å². The van der Waals surface area contributed by atoms with E-state index in [1.165, 1.54) is 4.31 Å². The van der Waals surface area contributed by atoms with Gasteiger partial charge in [-0.1, -0.05) is 18.2 Å². The Morgan fingerprint density at radius 3 is 2.36 bits per heavy atom. The van der Waals surface area contributed by atoms with Gasteiger partial charge in [0.25, 0.3) is 0 Å². The first kappa shape index (κ1) is 19.8. The average molecular weight is 428 g/mol. The lowest BCUT2D eigenvalue weighted by molar-refractivity contribution is 0.354. The van der Waals surface area contributed by atoms with Crippen molar-refractivity contribution in [2.24, 2.45) is 0 Å². The number of sulfonamides is 1. The summed E-state index contributed by atoms with van der Waals surface area (Å²) in [6.45, 7) is 0.429. The second kappa shape index (κ2) is 8.69. The molecule has 5 nitrogen and oxygen atoms in total. The molecule has 7 heteroatoms. The van der Waals surface area contributed by atoms with Crippen LogP contribution in [0.1, 0.15) is 12.0 Å². The highest BCUT2D eigenvalue weighted by molar-refractivity contribution is 9.10. The van der Waals surface area contributed by atoms with Gasteiger partial charge in [-0.05, 0) is 58.6 Å². The molecule has 0 aromatic heterocycles. The molecule has 136 valence electrons. The van der Waals surface area contributed by atoms with Crippen molar-refractivity contribution in [2.45, 2.75) is 17.7 Å². The Morgan fingerprint density at radius 1 is 1.04 bits per heavy atom. The largest absolute Gasteiger partial charge is 0.493 e. The molecular weight excluding hydrogens is 406 g/mol. The van der Waals surface area contributed by atoms with Gasteiger partial charge in [0.05, 0.1) is 19.1 Å². The number of ether oxygens (including phenoxy) is 2. The SMILES string of the molecule is COc1ccc(CCCN(C)S(=O)(=O)c2ccccc2Br)cc1OC. The van der Waals surface area contributed by atoms with Gasteiger partial charge in [-0.3, -0.25) is 0 Å². The highest BCUT2D eigenvalue weighted by atomic mass is 79.9. The van der Waals surface area contributed by atoms with Gasteiger partial charge in [0.15, 0.2) is 11.5 Å². The van der Waals surface area contributed by atoms with Crippen LogP contribution in [0.2, 0.25) is 0 Å². The maximum absolute atomic E-state index is 12.6. The van der Waals surface area contributed by atoms with Crippen molar-refractivity contribution < 1.29 is 17.9 Å². The maximum atomic E-state index is 12.6. The van der Waals surface area contributed by atoms with Gasteiger partial charge in [-0.2, -0.15) is 0 Å². The van der Waals surface area contributed by atoms with E-state index in [1.807, 2.05) is 18.2 Å². The van der Waals surface area contributed by atoms with E-state index in [9.17, 15) is 8.42 Å². The molecule has 0 aliphatic carbocycles. The van der Waals surface area contributed by atoms with Crippen LogP contribution in [0.4, 0.5) is 0 Å². The summed E-state index contributed by atoms with van der Waals surface area (Å²) in [5.41, 5.74) is 1.07. The van der Waals surface area contributed by atoms with Crippen LogP contribution in [-0.2, 0) is 16.4 Å². The number of rotatable bonds is 8. The molecule has 0 N–H and O–H groups in total. The zero-order valence-electron chi connectivity index (χ0n) is 14.5. The van der Waals surface area contributed by atoms with Gasteiger partial charge in [0, 0.05) is 18.1 Å². The molecule has 25 heavy (non-hydrogen) atoms. The van der Waals surface area contributed by atoms with Crippen LogP contribution in [0.5, 0.6) is 11.5 Å². The summed E-state index contributed by atoms with van der Waals surface area (Å²) in [6.07, 6.45) is 1.45. The lowest BCUT2D eigenvalue weighted by Crippen LogP contribution is -2.28. The van der Waals surface area contributed by atoms with E-state index in [0.717, 1.165) is 12.0 Å². The summed E-state index contributed by atoms with van der Waals surface area (Å²) in [4.78, 5) is 0.281. The van der Waals surface area contributed by atoms with E-state index in [4.69, 9.17) is 9.47 Å². The smallest absolute Gasteiger partial charge is 0.243 e. The van der Waals surface area contributed by atoms with Crippen molar-refractivity contribution in [2.75, 3.05) is 27.8 Å². The molecule has 2 aromatic rings. The zero-order chi connectivity index (χ0) is 18.4. The quantitative estimate of drug-likeness (QED) is 0.643. The molecule has 0 atom stereocenters. The Hall–Kier alpha value is -1.57. The molecule has 0 aliphatic rings. The fourth-order valence-corrected chi connectivity index (χ4v) is 4.65. The van der Waals surface area contributed by atoms with Crippen molar-refractivity contribution in [3.8, 4) is 11.5 Å². The van der Waals surface area contributed by atoms with Gasteiger partial charge < -0.3 is 9.47 Å². The predicted octanol–water partition coefficient (Wildman–Crippen LogP) is 3.72. The molecule has 0 heterocycles. The number of aryl methyl sites for hydroxylation is 1. The van der Waals surface area contributed by atoms with E-state index in [0.29, 0.717) is 28.9 Å². The van der Waals surface area contributed by atoms with Crippen LogP contribution in [0.25, 0.3) is 0 Å². The first-order valence-corrected chi connectivity index (χ1v) is 10.0. The topological polar surface area (TPSA) is 55.8 Å². The number of methoxy groups -OCH3 is 2. The monoisotopic (exact) mass is 427 g/mol. The predicted molar refractivity (Wildman–Crippen MR) is 102 cm³/mol. The van der Waals surface area contributed by atoms with Crippen LogP contribution in [0.15, 0.2) is 51.8 Å². The highest BCUT2D eigenvalue weighted by Crippen LogP contribution is 2.28. The fourth-order valence-electron chi connectivity index (χ4n) is 2.48. The average Bonchev–Trinajstić information content (AvgIpc) is 2.61. The van der Waals surface area contributed by atoms with E-state index in [-0.39, 0.29) is 4.90 Å². The third-order valence-corrected chi connectivity index (χ3v) is 6.78. The molecule has 0 saturated heterocycles. The second-order valence-corrected chi connectivity index (χ2v) is 8.42. The Labute approximate surface area is 157 Å². The van der Waals surface area contributed by atoms with Crippen LogP contribution >= 0.6 is 15.9 Å². The lowest BCUT2D eigenvalue weighted by Gasteiger charge is -2.18. The van der Waals surface area contributed by atoms with Gasteiger partial charge >= 0.3 is 0 Å². The molecule has 0 fully saturated rings. The molecule has 0 unspecified atom stereocenters. The third-order valence-electron chi connectivity index (χ3n) is 3.91. The second-order valence-electron chi connectivity index (χ2n) is 5.55. The Bertz CT molecular complexity index is 824. The molecule has 0 amide bonds. The lowest BCUT2D eigenvalue weighted by atomic mass is 10.1. The molecule has 0 radical (unpaired) electrons. The summed E-state index contributed by atoms with van der Waals surface area (Å²) in [7, 11) is 1.29. The first-order chi connectivity index (χ1) is 11.9. The number of hydrogen-bond acceptors (Lipinski definition) is 4. The first-order valence-electron chi connectivity index (χ1n) is 7.82. The van der Waals surface area contributed by atoms with Crippen LogP contribution in [-0.4, -0.2) is 40.5 Å². The normalized spacial score (nSPS) is 11.6. The van der Waals surface area contributed by atoms with Crippen molar-refractivity contribution >= 4 is 26.0 Å². The van der Waals surface area contributed by atoms with Gasteiger partial charge in [0.1, 0.15) is 0 Å². The maximum Gasteiger partial charge on any atom is 0.243 e. The van der Waals surface area contributed by atoms with Crippen molar-refractivity contribution in [1.82, 2.24) is 4.31 Å². The van der Waals surface area contributed by atoms with E-state index in [2.05, 4.69) is 15.9 Å². The van der Waals surface area contributed by atoms with Crippen molar-refractivity contribution in [1.29, 1.82) is 0 Å². The minimum absolute atomic E-state index is 0.281. The van der Waals surface area contributed by atoms with Crippen LogP contribution in [0, 0.1) is 0 Å².